The van der Waals surface area contributed by atoms with Gasteiger partial charge in [-0.1, -0.05) is 26.8 Å². The molecule has 0 aliphatic heterocycles. The van der Waals surface area contributed by atoms with Crippen molar-refractivity contribution in [3.05, 3.63) is 12.2 Å². The molecule has 1 fully saturated rings. The first-order chi connectivity index (χ1) is 7.04. The largest absolute Gasteiger partial charge is 0.459 e. The van der Waals surface area contributed by atoms with E-state index in [-0.39, 0.29) is 12.1 Å². The fourth-order valence-electron chi connectivity index (χ4n) is 2.17. The zero-order valence-electron chi connectivity index (χ0n) is 10.1. The first-order valence-electron chi connectivity index (χ1n) is 5.93. The molecule has 1 aliphatic rings. The number of carbonyl (C=O) groups is 1. The zero-order chi connectivity index (χ0) is 11.4. The third-order valence-corrected chi connectivity index (χ3v) is 3.41. The Morgan fingerprint density at radius 2 is 2.20 bits per heavy atom. The normalized spacial score (nSPS) is 27.4. The summed E-state index contributed by atoms with van der Waals surface area (Å²) in [6.45, 7) is 9.88. The van der Waals surface area contributed by atoms with E-state index >= 15 is 0 Å². The lowest BCUT2D eigenvalue weighted by molar-refractivity contribution is -0.146. The number of ether oxygens (including phenoxy) is 1. The van der Waals surface area contributed by atoms with Gasteiger partial charge < -0.3 is 4.74 Å². The molecular weight excluding hydrogens is 188 g/mol. The lowest BCUT2D eigenvalue weighted by Gasteiger charge is -2.20. The van der Waals surface area contributed by atoms with Crippen LogP contribution in [0.3, 0.4) is 0 Å². The van der Waals surface area contributed by atoms with E-state index in [0.29, 0.717) is 17.9 Å². The monoisotopic (exact) mass is 210 g/mol. The summed E-state index contributed by atoms with van der Waals surface area (Å²) in [7, 11) is 0. The van der Waals surface area contributed by atoms with Gasteiger partial charge in [-0.25, -0.2) is 4.79 Å². The molecule has 1 saturated carbocycles. The summed E-state index contributed by atoms with van der Waals surface area (Å²) in [5, 5.41) is 0. The number of hydrogen-bond acceptors (Lipinski definition) is 2. The van der Waals surface area contributed by atoms with Gasteiger partial charge in [-0.2, -0.15) is 0 Å². The Balaban J connectivity index is 2.38. The first-order valence-corrected chi connectivity index (χ1v) is 5.93. The molecule has 3 unspecified atom stereocenters. The van der Waals surface area contributed by atoms with Crippen LogP contribution in [0.2, 0.25) is 0 Å². The van der Waals surface area contributed by atoms with Crippen molar-refractivity contribution in [1.29, 1.82) is 0 Å². The molecule has 1 aliphatic carbocycles. The molecule has 15 heavy (non-hydrogen) atoms. The molecule has 0 heterocycles. The van der Waals surface area contributed by atoms with Crippen LogP contribution in [0.5, 0.6) is 0 Å². The molecule has 0 aromatic carbocycles. The van der Waals surface area contributed by atoms with E-state index in [1.807, 2.05) is 13.8 Å². The van der Waals surface area contributed by atoms with Gasteiger partial charge in [0.25, 0.3) is 0 Å². The van der Waals surface area contributed by atoms with Crippen LogP contribution in [-0.2, 0) is 9.53 Å². The first kappa shape index (κ1) is 12.3. The highest BCUT2D eigenvalue weighted by Crippen LogP contribution is 2.33. The highest BCUT2D eigenvalue weighted by Gasteiger charge is 2.28. The van der Waals surface area contributed by atoms with Gasteiger partial charge in [0.2, 0.25) is 0 Å². The standard InChI is InChI=1S/C13H22O2/c1-5-10(3)13(14)15-11(4)12-7-6-9(2)8-12/h9,11-12H,3,5-8H2,1-2,4H3. The smallest absolute Gasteiger partial charge is 0.333 e. The van der Waals surface area contributed by atoms with Crippen LogP contribution in [0.1, 0.15) is 46.5 Å². The van der Waals surface area contributed by atoms with E-state index in [2.05, 4.69) is 13.5 Å². The van der Waals surface area contributed by atoms with E-state index < -0.39 is 0 Å². The molecule has 2 heteroatoms. The maximum atomic E-state index is 11.5. The van der Waals surface area contributed by atoms with Crippen LogP contribution in [0.15, 0.2) is 12.2 Å². The quantitative estimate of drug-likeness (QED) is 0.525. The third-order valence-electron chi connectivity index (χ3n) is 3.41. The molecule has 0 N–H and O–H groups in total. The summed E-state index contributed by atoms with van der Waals surface area (Å²) < 4.78 is 5.40. The van der Waals surface area contributed by atoms with Crippen molar-refractivity contribution < 1.29 is 9.53 Å². The summed E-state index contributed by atoms with van der Waals surface area (Å²) >= 11 is 0. The maximum absolute atomic E-state index is 11.5. The van der Waals surface area contributed by atoms with Crippen LogP contribution >= 0.6 is 0 Å². The van der Waals surface area contributed by atoms with Gasteiger partial charge in [0.15, 0.2) is 0 Å². The van der Waals surface area contributed by atoms with E-state index in [0.717, 1.165) is 5.92 Å². The molecule has 0 bridgehead atoms. The average molecular weight is 210 g/mol. The predicted octanol–water partition coefficient (Wildman–Crippen LogP) is 3.32. The molecule has 0 spiro atoms. The summed E-state index contributed by atoms with van der Waals surface area (Å²) in [6.07, 6.45) is 4.36. The Morgan fingerprint density at radius 3 is 2.67 bits per heavy atom. The molecule has 0 saturated heterocycles. The molecule has 3 atom stereocenters. The van der Waals surface area contributed by atoms with Gasteiger partial charge in [-0.15, -0.1) is 0 Å². The lowest BCUT2D eigenvalue weighted by atomic mass is 10.0. The van der Waals surface area contributed by atoms with Gasteiger partial charge in [-0.3, -0.25) is 0 Å². The number of carbonyl (C=O) groups excluding carboxylic acids is 1. The fourth-order valence-corrected chi connectivity index (χ4v) is 2.17. The van der Waals surface area contributed by atoms with E-state index in [1.54, 1.807) is 0 Å². The van der Waals surface area contributed by atoms with Gasteiger partial charge in [0.1, 0.15) is 6.10 Å². The second-order valence-corrected chi connectivity index (χ2v) is 4.75. The van der Waals surface area contributed by atoms with Crippen molar-refractivity contribution in [2.24, 2.45) is 11.8 Å². The molecule has 0 amide bonds. The van der Waals surface area contributed by atoms with E-state index in [9.17, 15) is 4.79 Å². The van der Waals surface area contributed by atoms with Crippen molar-refractivity contribution in [2.45, 2.75) is 52.6 Å². The minimum Gasteiger partial charge on any atom is -0.459 e. The fraction of sp³-hybridized carbons (Fsp3) is 0.769. The second-order valence-electron chi connectivity index (χ2n) is 4.75. The summed E-state index contributed by atoms with van der Waals surface area (Å²) in [4.78, 5) is 11.5. The molecule has 0 aromatic rings. The highest BCUT2D eigenvalue weighted by atomic mass is 16.5. The minimum absolute atomic E-state index is 0.0470. The maximum Gasteiger partial charge on any atom is 0.333 e. The Bertz CT molecular complexity index is 245. The summed E-state index contributed by atoms with van der Waals surface area (Å²) in [5.41, 5.74) is 0.577. The Kier molecular flexibility index (Phi) is 4.37. The van der Waals surface area contributed by atoms with Crippen molar-refractivity contribution in [1.82, 2.24) is 0 Å². The van der Waals surface area contributed by atoms with Crippen LogP contribution < -0.4 is 0 Å². The van der Waals surface area contributed by atoms with E-state index in [1.165, 1.54) is 19.3 Å². The summed E-state index contributed by atoms with van der Waals surface area (Å²) in [5.74, 6) is 1.11. The third kappa shape index (κ3) is 3.37. The number of hydrogen-bond donors (Lipinski definition) is 0. The van der Waals surface area contributed by atoms with Crippen LogP contribution in [0.4, 0.5) is 0 Å². The van der Waals surface area contributed by atoms with Crippen LogP contribution in [0, 0.1) is 11.8 Å². The minimum atomic E-state index is -0.218. The van der Waals surface area contributed by atoms with Crippen LogP contribution in [-0.4, -0.2) is 12.1 Å². The Morgan fingerprint density at radius 1 is 1.53 bits per heavy atom. The van der Waals surface area contributed by atoms with Crippen molar-refractivity contribution in [3.8, 4) is 0 Å². The van der Waals surface area contributed by atoms with Crippen molar-refractivity contribution >= 4 is 5.97 Å². The Labute approximate surface area is 92.7 Å². The lowest BCUT2D eigenvalue weighted by Crippen LogP contribution is -2.23. The van der Waals surface area contributed by atoms with E-state index in [4.69, 9.17) is 4.74 Å². The zero-order valence-corrected chi connectivity index (χ0v) is 10.1. The second kappa shape index (κ2) is 5.34. The average Bonchev–Trinajstić information content (AvgIpc) is 2.63. The SMILES string of the molecule is C=C(CC)C(=O)OC(C)C1CCC(C)C1. The molecule has 86 valence electrons. The van der Waals surface area contributed by atoms with Crippen molar-refractivity contribution in [3.63, 3.8) is 0 Å². The topological polar surface area (TPSA) is 26.3 Å². The molecule has 2 nitrogen and oxygen atoms in total. The van der Waals surface area contributed by atoms with Gasteiger partial charge >= 0.3 is 5.97 Å². The van der Waals surface area contributed by atoms with Crippen molar-refractivity contribution in [2.75, 3.05) is 0 Å². The molecule has 1 rings (SSSR count). The number of esters is 1. The Hall–Kier alpha value is -0.790. The molecule has 0 radical (unpaired) electrons. The molecule has 0 aromatic heterocycles. The highest BCUT2D eigenvalue weighted by molar-refractivity contribution is 5.87. The van der Waals surface area contributed by atoms with Gasteiger partial charge in [0.05, 0.1) is 0 Å². The van der Waals surface area contributed by atoms with Gasteiger partial charge in [-0.05, 0) is 38.0 Å². The molecular formula is C13H22O2. The van der Waals surface area contributed by atoms with Crippen LogP contribution in [0.25, 0.3) is 0 Å². The summed E-state index contributed by atoms with van der Waals surface area (Å²) in [6, 6.07) is 0. The predicted molar refractivity (Wildman–Crippen MR) is 61.5 cm³/mol. The number of rotatable bonds is 4. The van der Waals surface area contributed by atoms with Gasteiger partial charge in [0, 0.05) is 5.57 Å².